The number of ether oxygens (including phenoxy) is 1. The van der Waals surface area contributed by atoms with Crippen LogP contribution in [0.2, 0.25) is 23.9 Å². The molecule has 0 aromatic rings. The quantitative estimate of drug-likeness (QED) is 0.245. The minimum absolute atomic E-state index is 0.0915. The zero-order valence-electron chi connectivity index (χ0n) is 23.8. The molecule has 1 aliphatic heterocycles. The summed E-state index contributed by atoms with van der Waals surface area (Å²) in [6, 6.07) is 0. The van der Waals surface area contributed by atoms with Crippen molar-refractivity contribution in [1.29, 1.82) is 0 Å². The molecule has 1 saturated heterocycles. The molecule has 2 bridgehead atoms. The Morgan fingerprint density at radius 2 is 1.76 bits per heavy atom. The van der Waals surface area contributed by atoms with E-state index in [4.69, 9.17) is 18.5 Å². The van der Waals surface area contributed by atoms with E-state index in [2.05, 4.69) is 75.4 Å². The van der Waals surface area contributed by atoms with Gasteiger partial charge in [0.2, 0.25) is 0 Å². The maximum atomic E-state index is 12.6. The van der Waals surface area contributed by atoms with Crippen molar-refractivity contribution in [2.24, 2.45) is 23.2 Å². The summed E-state index contributed by atoms with van der Waals surface area (Å²) < 4.78 is 25.4. The Kier molecular flexibility index (Phi) is 8.16. The summed E-state index contributed by atoms with van der Waals surface area (Å²) in [6.45, 7) is 25.1. The maximum absolute atomic E-state index is 12.6. The predicted molar refractivity (Wildman–Crippen MR) is 141 cm³/mol. The Balaban J connectivity index is 1.61. The van der Waals surface area contributed by atoms with Crippen molar-refractivity contribution in [3.8, 4) is 0 Å². The van der Waals surface area contributed by atoms with E-state index in [1.165, 1.54) is 6.42 Å². The maximum Gasteiger partial charge on any atom is 0.460 e. The summed E-state index contributed by atoms with van der Waals surface area (Å²) in [6.07, 6.45) is 4.49. The molecular weight excluding hydrogens is 443 g/mol. The lowest BCUT2D eigenvalue weighted by molar-refractivity contribution is -0.199. The minimum Gasteiger partial charge on any atom is -0.465 e. The molecule has 7 heteroatoms. The van der Waals surface area contributed by atoms with Crippen molar-refractivity contribution in [3.05, 3.63) is 0 Å². The Labute approximate surface area is 210 Å². The molecule has 4 aliphatic rings. The van der Waals surface area contributed by atoms with Gasteiger partial charge in [0, 0.05) is 0 Å². The highest BCUT2D eigenvalue weighted by Gasteiger charge is 2.68. The number of carbonyl (C=O) groups excluding carboxylic acids is 1. The average Bonchev–Trinajstić information content (AvgIpc) is 3.06. The third-order valence-electron chi connectivity index (χ3n) is 9.62. The van der Waals surface area contributed by atoms with Gasteiger partial charge in [0.25, 0.3) is 0 Å². The highest BCUT2D eigenvalue weighted by Crippen LogP contribution is 2.66. The van der Waals surface area contributed by atoms with Crippen molar-refractivity contribution >= 4 is 21.4 Å². The Hall–Kier alpha value is -0.368. The van der Waals surface area contributed by atoms with E-state index < -0.39 is 8.32 Å². The molecule has 0 amide bonds. The molecule has 6 atom stereocenters. The summed E-state index contributed by atoms with van der Waals surface area (Å²) in [5.74, 6) is 1.76. The van der Waals surface area contributed by atoms with Gasteiger partial charge in [-0.1, -0.05) is 55.4 Å². The molecule has 4 rings (SSSR count). The Bertz CT molecular complexity index is 733. The van der Waals surface area contributed by atoms with E-state index in [1.54, 1.807) is 0 Å². The second-order valence-corrected chi connectivity index (χ2v) is 18.9. The van der Waals surface area contributed by atoms with Crippen LogP contribution in [0.5, 0.6) is 0 Å². The van der Waals surface area contributed by atoms with Crippen LogP contribution in [-0.2, 0) is 23.3 Å². The van der Waals surface area contributed by atoms with Gasteiger partial charge in [0.05, 0.1) is 30.8 Å². The van der Waals surface area contributed by atoms with Crippen LogP contribution in [0, 0.1) is 23.2 Å². The average molecular weight is 495 g/mol. The summed E-state index contributed by atoms with van der Waals surface area (Å²) >= 11 is 0. The molecule has 196 valence electrons. The van der Waals surface area contributed by atoms with Crippen LogP contribution in [0.1, 0.15) is 94.4 Å². The third kappa shape index (κ3) is 5.63. The largest absolute Gasteiger partial charge is 0.465 e. The molecule has 4 fully saturated rings. The van der Waals surface area contributed by atoms with Crippen LogP contribution < -0.4 is 0 Å². The number of carbonyl (C=O) groups is 1. The van der Waals surface area contributed by atoms with Crippen molar-refractivity contribution in [1.82, 2.24) is 0 Å². The summed E-state index contributed by atoms with van der Waals surface area (Å²) in [5.41, 5.74) is 0.181. The van der Waals surface area contributed by atoms with Crippen LogP contribution >= 0.6 is 0 Å². The van der Waals surface area contributed by atoms with E-state index in [0.29, 0.717) is 30.3 Å². The first-order valence-corrected chi connectivity index (χ1v) is 16.5. The molecule has 0 aromatic heterocycles. The van der Waals surface area contributed by atoms with Crippen molar-refractivity contribution in [2.75, 3.05) is 6.61 Å². The first kappa shape index (κ1) is 28.2. The fourth-order valence-electron chi connectivity index (χ4n) is 6.03. The van der Waals surface area contributed by atoms with E-state index in [0.717, 1.165) is 25.2 Å². The lowest BCUT2D eigenvalue weighted by Crippen LogP contribution is -2.65. The summed E-state index contributed by atoms with van der Waals surface area (Å²) in [5, 5.41) is 0.0915. The molecule has 34 heavy (non-hydrogen) atoms. The van der Waals surface area contributed by atoms with Crippen LogP contribution in [0.4, 0.5) is 0 Å². The van der Waals surface area contributed by atoms with Gasteiger partial charge in [-0.15, -0.1) is 0 Å². The lowest BCUT2D eigenvalue weighted by Gasteiger charge is -2.64. The number of rotatable bonds is 10. The van der Waals surface area contributed by atoms with Crippen molar-refractivity contribution < 1.29 is 23.3 Å². The zero-order valence-corrected chi connectivity index (χ0v) is 24.8. The van der Waals surface area contributed by atoms with Crippen molar-refractivity contribution in [2.45, 2.75) is 136 Å². The summed E-state index contributed by atoms with van der Waals surface area (Å²) in [4.78, 5) is 12.6. The van der Waals surface area contributed by atoms with Gasteiger partial charge < -0.3 is 18.5 Å². The number of hydrogen-bond donors (Lipinski definition) is 0. The van der Waals surface area contributed by atoms with Crippen LogP contribution in [0.25, 0.3) is 0 Å². The standard InChI is InChI=1S/C27H51BO5Si/c1-18(2)17-30-24(29)16-21(32-34(10,11)25(4,5)6)13-12-19(3)28-31-23-15-20-14-22(26(20,7)8)27(23,9)33-28/h18-23H,12-17H2,1-11H3/t19-,20+,21+,22+,23-,27+/m1/s1. The predicted octanol–water partition coefficient (Wildman–Crippen LogP) is 6.86. The van der Waals surface area contributed by atoms with Gasteiger partial charge in [-0.05, 0) is 79.7 Å². The second kappa shape index (κ2) is 9.83. The van der Waals surface area contributed by atoms with Gasteiger partial charge in [0.15, 0.2) is 8.32 Å². The zero-order chi connectivity index (χ0) is 25.7. The monoisotopic (exact) mass is 494 g/mol. The van der Waals surface area contributed by atoms with Crippen LogP contribution in [-0.4, -0.2) is 45.8 Å². The van der Waals surface area contributed by atoms with Gasteiger partial charge in [-0.25, -0.2) is 0 Å². The molecular formula is C27H51BO5Si. The molecule has 1 heterocycles. The molecule has 3 aliphatic carbocycles. The van der Waals surface area contributed by atoms with Crippen LogP contribution in [0.3, 0.4) is 0 Å². The van der Waals surface area contributed by atoms with Gasteiger partial charge in [-0.3, -0.25) is 4.79 Å². The fraction of sp³-hybridized carbons (Fsp3) is 0.963. The lowest BCUT2D eigenvalue weighted by atomic mass is 9.43. The number of hydrogen-bond acceptors (Lipinski definition) is 5. The van der Waals surface area contributed by atoms with E-state index >= 15 is 0 Å². The highest BCUT2D eigenvalue weighted by molar-refractivity contribution is 6.74. The SMILES string of the molecule is CC(C)COC(=O)C[C@H](CC[C@@H](C)B1O[C@@H]2C[C@@H]3C[C@@H](C3(C)C)[C@]2(C)O1)O[Si](C)(C)C(C)(C)C. The first-order chi connectivity index (χ1) is 15.5. The van der Waals surface area contributed by atoms with Crippen LogP contribution in [0.15, 0.2) is 0 Å². The molecule has 0 radical (unpaired) electrons. The van der Waals surface area contributed by atoms with Crippen molar-refractivity contribution in [3.63, 3.8) is 0 Å². The topological polar surface area (TPSA) is 54.0 Å². The number of esters is 1. The molecule has 0 unspecified atom stereocenters. The van der Waals surface area contributed by atoms with E-state index in [9.17, 15) is 4.79 Å². The smallest absolute Gasteiger partial charge is 0.460 e. The molecule has 0 N–H and O–H groups in total. The Morgan fingerprint density at radius 3 is 2.32 bits per heavy atom. The van der Waals surface area contributed by atoms with Gasteiger partial charge >= 0.3 is 13.1 Å². The molecule has 0 spiro atoms. The minimum atomic E-state index is -2.01. The van der Waals surface area contributed by atoms with E-state index in [-0.39, 0.29) is 41.8 Å². The molecule has 0 aromatic carbocycles. The van der Waals surface area contributed by atoms with Gasteiger partial charge in [-0.2, -0.15) is 0 Å². The van der Waals surface area contributed by atoms with E-state index in [1.807, 2.05) is 0 Å². The van der Waals surface area contributed by atoms with Gasteiger partial charge in [0.1, 0.15) is 0 Å². The normalized spacial score (nSPS) is 32.2. The fourth-order valence-corrected chi connectivity index (χ4v) is 7.42. The highest BCUT2D eigenvalue weighted by atomic mass is 28.4. The first-order valence-electron chi connectivity index (χ1n) is 13.6. The summed E-state index contributed by atoms with van der Waals surface area (Å²) in [7, 11) is -2.18. The third-order valence-corrected chi connectivity index (χ3v) is 14.2. The second-order valence-electron chi connectivity index (χ2n) is 14.2. The molecule has 5 nitrogen and oxygen atoms in total. The Morgan fingerprint density at radius 1 is 1.12 bits per heavy atom. The molecule has 3 saturated carbocycles.